The van der Waals surface area contributed by atoms with Crippen molar-refractivity contribution < 1.29 is 39.3 Å². The molecule has 0 aliphatic heterocycles. The third-order valence-electron chi connectivity index (χ3n) is 1.13. The van der Waals surface area contributed by atoms with Crippen LogP contribution in [0.1, 0.15) is 0 Å². The van der Waals surface area contributed by atoms with Gasteiger partial charge in [0.25, 0.3) is 0 Å². The molecular formula is C4Cl2F8OS. The van der Waals surface area contributed by atoms with E-state index in [4.69, 9.17) is 0 Å². The molecule has 0 amide bonds. The maximum absolute atomic E-state index is 12.3. The Morgan fingerprint density at radius 1 is 0.688 bits per heavy atom. The fraction of sp³-hybridized carbons (Fsp3) is 1.00. The third-order valence-corrected chi connectivity index (χ3v) is 3.27. The van der Waals surface area contributed by atoms with E-state index in [2.05, 4.69) is 23.2 Å². The number of hydrogen-bond donors (Lipinski definition) is 0. The van der Waals surface area contributed by atoms with Crippen molar-refractivity contribution in [1.29, 1.82) is 0 Å². The highest BCUT2D eigenvalue weighted by Gasteiger charge is 2.73. The highest BCUT2D eigenvalue weighted by molar-refractivity contribution is 7.87. The number of alkyl halides is 10. The molecule has 1 nitrogen and oxygen atoms in total. The highest BCUT2D eigenvalue weighted by Crippen LogP contribution is 2.50. The standard InChI is InChI=1S/C4Cl2F8OS/c5-1(7,8)3(11,12)16(15)4(13,14)2(6,9)10. The minimum atomic E-state index is -6.07. The van der Waals surface area contributed by atoms with Crippen LogP contribution in [-0.2, 0) is 10.8 Å². The molecule has 0 saturated carbocycles. The normalized spacial score (nSPS) is 15.7. The van der Waals surface area contributed by atoms with Crippen LogP contribution in [0.15, 0.2) is 0 Å². The SMILES string of the molecule is O=S(C(F)(F)C(F)(F)Cl)C(F)(F)C(F)(F)Cl. The summed E-state index contributed by atoms with van der Waals surface area (Å²) >= 11 is 7.36. The molecule has 12 heteroatoms. The highest BCUT2D eigenvalue weighted by atomic mass is 35.5. The van der Waals surface area contributed by atoms with Gasteiger partial charge in [0.2, 0.25) is 0 Å². The molecule has 0 bridgehead atoms. The van der Waals surface area contributed by atoms with Crippen molar-refractivity contribution in [2.24, 2.45) is 0 Å². The molecule has 0 N–H and O–H groups in total. The first-order valence-corrected chi connectivity index (χ1v) is 4.87. The van der Waals surface area contributed by atoms with Crippen molar-refractivity contribution in [3.8, 4) is 0 Å². The lowest BCUT2D eigenvalue weighted by Gasteiger charge is -2.26. The quantitative estimate of drug-likeness (QED) is 0.572. The Hall–Kier alpha value is 0.170. The Kier molecular flexibility index (Phi) is 4.17. The van der Waals surface area contributed by atoms with E-state index in [0.717, 1.165) is 0 Å². The van der Waals surface area contributed by atoms with E-state index in [-0.39, 0.29) is 0 Å². The van der Waals surface area contributed by atoms with E-state index in [1.165, 1.54) is 0 Å². The van der Waals surface area contributed by atoms with Crippen LogP contribution in [0, 0.1) is 0 Å². The zero-order chi connectivity index (χ0) is 13.6. The predicted octanol–water partition coefficient (Wildman–Crippen LogP) is 3.58. The summed E-state index contributed by atoms with van der Waals surface area (Å²) in [6.45, 7) is 0. The van der Waals surface area contributed by atoms with Gasteiger partial charge in [-0.3, -0.25) is 0 Å². The van der Waals surface area contributed by atoms with Crippen LogP contribution in [0.4, 0.5) is 35.1 Å². The molecule has 0 aromatic heterocycles. The Bertz CT molecular complexity index is 265. The molecule has 0 spiro atoms. The van der Waals surface area contributed by atoms with Crippen molar-refractivity contribution in [3.63, 3.8) is 0 Å². The minimum absolute atomic E-state index is 3.68. The maximum Gasteiger partial charge on any atom is 0.403 e. The Labute approximate surface area is 95.1 Å². The van der Waals surface area contributed by atoms with Gasteiger partial charge in [0.15, 0.2) is 10.8 Å². The number of halogens is 10. The molecular weight excluding hydrogens is 319 g/mol. The van der Waals surface area contributed by atoms with Crippen LogP contribution in [-0.4, -0.2) is 25.5 Å². The van der Waals surface area contributed by atoms with Crippen molar-refractivity contribution in [1.82, 2.24) is 0 Å². The lowest BCUT2D eigenvalue weighted by atomic mass is 10.7. The minimum Gasteiger partial charge on any atom is -0.247 e. The van der Waals surface area contributed by atoms with Gasteiger partial charge in [-0.05, 0) is 23.2 Å². The summed E-state index contributed by atoms with van der Waals surface area (Å²) in [5.41, 5.74) is 0. The zero-order valence-corrected chi connectivity index (χ0v) is 8.92. The monoisotopic (exact) mass is 318 g/mol. The summed E-state index contributed by atoms with van der Waals surface area (Å²) in [4.78, 5) is 0. The van der Waals surface area contributed by atoms with E-state index < -0.39 is 32.1 Å². The van der Waals surface area contributed by atoms with Gasteiger partial charge >= 0.3 is 21.3 Å². The molecule has 16 heavy (non-hydrogen) atoms. The Balaban J connectivity index is 5.40. The van der Waals surface area contributed by atoms with Gasteiger partial charge in [0, 0.05) is 0 Å². The van der Waals surface area contributed by atoms with Crippen LogP contribution in [0.3, 0.4) is 0 Å². The van der Waals surface area contributed by atoms with E-state index in [1.807, 2.05) is 0 Å². The smallest absolute Gasteiger partial charge is 0.247 e. The molecule has 0 radical (unpaired) electrons. The largest absolute Gasteiger partial charge is 0.403 e. The van der Waals surface area contributed by atoms with E-state index in [0.29, 0.717) is 0 Å². The third kappa shape index (κ3) is 2.70. The summed E-state index contributed by atoms with van der Waals surface area (Å²) in [5.74, 6) is 0. The van der Waals surface area contributed by atoms with E-state index in [9.17, 15) is 39.3 Å². The second kappa shape index (κ2) is 4.13. The van der Waals surface area contributed by atoms with Crippen LogP contribution < -0.4 is 0 Å². The van der Waals surface area contributed by atoms with E-state index in [1.54, 1.807) is 0 Å². The maximum atomic E-state index is 12.3. The molecule has 0 aliphatic carbocycles. The van der Waals surface area contributed by atoms with Gasteiger partial charge in [0.05, 0.1) is 0 Å². The molecule has 0 atom stereocenters. The molecule has 0 aromatic carbocycles. The van der Waals surface area contributed by atoms with Crippen molar-refractivity contribution in [2.45, 2.75) is 21.3 Å². The summed E-state index contributed by atoms with van der Waals surface area (Å²) in [7, 11) is -5.31. The Morgan fingerprint density at radius 3 is 1.00 bits per heavy atom. The van der Waals surface area contributed by atoms with Crippen molar-refractivity contribution >= 4 is 34.0 Å². The second-order valence-corrected chi connectivity index (χ2v) is 4.81. The van der Waals surface area contributed by atoms with Crippen LogP contribution in [0.2, 0.25) is 0 Å². The zero-order valence-electron chi connectivity index (χ0n) is 6.60. The van der Waals surface area contributed by atoms with Gasteiger partial charge in [-0.2, -0.15) is 35.1 Å². The van der Waals surface area contributed by atoms with Crippen molar-refractivity contribution in [3.05, 3.63) is 0 Å². The average molecular weight is 319 g/mol. The van der Waals surface area contributed by atoms with Gasteiger partial charge < -0.3 is 0 Å². The topological polar surface area (TPSA) is 17.1 Å². The molecule has 0 rings (SSSR count). The van der Waals surface area contributed by atoms with Gasteiger partial charge in [-0.15, -0.1) is 0 Å². The van der Waals surface area contributed by atoms with Crippen LogP contribution in [0.5, 0.6) is 0 Å². The first-order valence-electron chi connectivity index (χ1n) is 2.96. The summed E-state index contributed by atoms with van der Waals surface area (Å²) in [6, 6.07) is 0. The Morgan fingerprint density at radius 2 is 0.875 bits per heavy atom. The average Bonchev–Trinajstić information content (AvgIpc) is 1.98. The molecule has 0 heterocycles. The predicted molar refractivity (Wildman–Crippen MR) is 39.6 cm³/mol. The lowest BCUT2D eigenvalue weighted by Crippen LogP contribution is -2.52. The summed E-state index contributed by atoms with van der Waals surface area (Å²) in [6.07, 6.45) is 0. The van der Waals surface area contributed by atoms with E-state index >= 15 is 0 Å². The number of hydrogen-bond acceptors (Lipinski definition) is 1. The van der Waals surface area contributed by atoms with Crippen LogP contribution in [0.25, 0.3) is 0 Å². The summed E-state index contributed by atoms with van der Waals surface area (Å²) in [5, 5.41) is -23.5. The van der Waals surface area contributed by atoms with Gasteiger partial charge in [-0.25, -0.2) is 4.21 Å². The second-order valence-electron chi connectivity index (χ2n) is 2.30. The molecule has 0 aromatic rings. The van der Waals surface area contributed by atoms with Gasteiger partial charge in [-0.1, -0.05) is 0 Å². The first kappa shape index (κ1) is 16.2. The van der Waals surface area contributed by atoms with Crippen molar-refractivity contribution in [2.75, 3.05) is 0 Å². The number of rotatable bonds is 4. The molecule has 0 unspecified atom stereocenters. The fourth-order valence-electron chi connectivity index (χ4n) is 0.371. The molecule has 0 saturated heterocycles. The lowest BCUT2D eigenvalue weighted by molar-refractivity contribution is -0.122. The van der Waals surface area contributed by atoms with Gasteiger partial charge in [0.1, 0.15) is 0 Å². The van der Waals surface area contributed by atoms with Crippen LogP contribution >= 0.6 is 23.2 Å². The fourth-order valence-corrected chi connectivity index (χ4v) is 1.53. The molecule has 0 fully saturated rings. The summed E-state index contributed by atoms with van der Waals surface area (Å²) < 4.78 is 107. The molecule has 98 valence electrons. The molecule has 0 aliphatic rings. The first-order chi connectivity index (χ1) is 6.65.